The molecular weight excluding hydrogens is 253 g/mol. The zero-order valence-electron chi connectivity index (χ0n) is 11.2. The van der Waals surface area contributed by atoms with Gasteiger partial charge in [-0.15, -0.1) is 0 Å². The van der Waals surface area contributed by atoms with Gasteiger partial charge in [0, 0.05) is 19.9 Å². The van der Waals surface area contributed by atoms with E-state index in [-0.39, 0.29) is 11.3 Å². The molecule has 0 aliphatic heterocycles. The Morgan fingerprint density at radius 2 is 2.16 bits per heavy atom. The lowest BCUT2D eigenvalue weighted by molar-refractivity contribution is -0.385. The topological polar surface area (TPSA) is 88.2 Å². The molecule has 106 valence electrons. The number of benzene rings is 1. The van der Waals surface area contributed by atoms with Crippen LogP contribution in [-0.2, 0) is 4.74 Å². The van der Waals surface area contributed by atoms with Crippen LogP contribution in [-0.4, -0.2) is 31.4 Å². The number of halogens is 1. The van der Waals surface area contributed by atoms with Gasteiger partial charge in [-0.1, -0.05) is 13.8 Å². The van der Waals surface area contributed by atoms with Crippen LogP contribution in [0, 0.1) is 21.3 Å². The molecule has 0 saturated heterocycles. The Bertz CT molecular complexity index is 438. The van der Waals surface area contributed by atoms with E-state index in [4.69, 9.17) is 10.1 Å². The third-order valence-corrected chi connectivity index (χ3v) is 2.09. The standard InChI is InChI=1S/C10H12FN3O3.C2H6/c1-17-3-2-13-9-4-7(11)5-10(14(15)16)8(9)6-12;1-2/h4-6,12-13H,2-3H2,1H3;1-2H3. The van der Waals surface area contributed by atoms with Crippen LogP contribution < -0.4 is 5.32 Å². The molecule has 0 spiro atoms. The van der Waals surface area contributed by atoms with E-state index in [1.807, 2.05) is 13.8 Å². The lowest BCUT2D eigenvalue weighted by Gasteiger charge is -2.09. The second kappa shape index (κ2) is 8.98. The fourth-order valence-corrected chi connectivity index (χ4v) is 1.34. The Morgan fingerprint density at radius 3 is 2.63 bits per heavy atom. The lowest BCUT2D eigenvalue weighted by atomic mass is 10.1. The first-order valence-electron chi connectivity index (χ1n) is 5.81. The maximum Gasteiger partial charge on any atom is 0.283 e. The van der Waals surface area contributed by atoms with Gasteiger partial charge in [0.25, 0.3) is 5.69 Å². The predicted molar refractivity (Wildman–Crippen MR) is 72.7 cm³/mol. The van der Waals surface area contributed by atoms with E-state index >= 15 is 0 Å². The number of nitrogens with one attached hydrogen (secondary N) is 2. The lowest BCUT2D eigenvalue weighted by Crippen LogP contribution is -2.10. The fraction of sp³-hybridized carbons (Fsp3) is 0.417. The number of hydrogen-bond donors (Lipinski definition) is 2. The third-order valence-electron chi connectivity index (χ3n) is 2.09. The van der Waals surface area contributed by atoms with Crippen molar-refractivity contribution < 1.29 is 14.1 Å². The minimum absolute atomic E-state index is 0.0486. The van der Waals surface area contributed by atoms with Crippen LogP contribution in [0.4, 0.5) is 15.8 Å². The van der Waals surface area contributed by atoms with Crippen LogP contribution in [0.5, 0.6) is 0 Å². The van der Waals surface area contributed by atoms with Crippen LogP contribution >= 0.6 is 0 Å². The molecule has 1 aromatic rings. The summed E-state index contributed by atoms with van der Waals surface area (Å²) < 4.78 is 18.0. The summed E-state index contributed by atoms with van der Waals surface area (Å²) in [7, 11) is 1.51. The van der Waals surface area contributed by atoms with E-state index in [0.717, 1.165) is 18.3 Å². The van der Waals surface area contributed by atoms with Crippen LogP contribution in [0.15, 0.2) is 12.1 Å². The molecule has 0 fully saturated rings. The number of methoxy groups -OCH3 is 1. The monoisotopic (exact) mass is 271 g/mol. The Balaban J connectivity index is 0.00000154. The maximum absolute atomic E-state index is 13.2. The quantitative estimate of drug-likeness (QED) is 0.360. The van der Waals surface area contributed by atoms with Crippen molar-refractivity contribution in [3.05, 3.63) is 33.6 Å². The third kappa shape index (κ3) is 5.01. The van der Waals surface area contributed by atoms with Crippen molar-refractivity contribution in [2.45, 2.75) is 13.8 Å². The molecule has 2 N–H and O–H groups in total. The molecule has 7 heteroatoms. The molecule has 19 heavy (non-hydrogen) atoms. The second-order valence-electron chi connectivity index (χ2n) is 3.21. The number of hydrogen-bond acceptors (Lipinski definition) is 5. The van der Waals surface area contributed by atoms with E-state index in [9.17, 15) is 14.5 Å². The van der Waals surface area contributed by atoms with E-state index in [1.54, 1.807) is 0 Å². The van der Waals surface area contributed by atoms with E-state index in [2.05, 4.69) is 5.32 Å². The molecule has 1 rings (SSSR count). The smallest absolute Gasteiger partial charge is 0.283 e. The highest BCUT2D eigenvalue weighted by Crippen LogP contribution is 2.26. The number of anilines is 1. The number of nitro groups is 1. The predicted octanol–water partition coefficient (Wildman–Crippen LogP) is 2.82. The molecule has 0 saturated carbocycles. The summed E-state index contributed by atoms with van der Waals surface area (Å²) >= 11 is 0. The van der Waals surface area contributed by atoms with E-state index in [0.29, 0.717) is 13.2 Å². The van der Waals surface area contributed by atoms with Crippen LogP contribution in [0.1, 0.15) is 19.4 Å². The Labute approximate surface area is 111 Å². The highest BCUT2D eigenvalue weighted by atomic mass is 19.1. The van der Waals surface area contributed by atoms with Crippen molar-refractivity contribution >= 4 is 17.6 Å². The summed E-state index contributed by atoms with van der Waals surface area (Å²) in [6.45, 7) is 4.75. The first kappa shape index (κ1) is 17.0. The molecule has 0 bridgehead atoms. The van der Waals surface area contributed by atoms with Gasteiger partial charge in [0.1, 0.15) is 5.82 Å². The molecule has 0 radical (unpaired) electrons. The largest absolute Gasteiger partial charge is 0.383 e. The van der Waals surface area contributed by atoms with E-state index in [1.165, 1.54) is 7.11 Å². The van der Waals surface area contributed by atoms with Gasteiger partial charge in [0.05, 0.1) is 28.8 Å². The van der Waals surface area contributed by atoms with Gasteiger partial charge in [0.15, 0.2) is 0 Å². The van der Waals surface area contributed by atoms with Gasteiger partial charge in [0.2, 0.25) is 0 Å². The summed E-state index contributed by atoms with van der Waals surface area (Å²) in [6, 6.07) is 1.91. The maximum atomic E-state index is 13.2. The average Bonchev–Trinajstić information content (AvgIpc) is 2.40. The van der Waals surface area contributed by atoms with E-state index < -0.39 is 16.4 Å². The van der Waals surface area contributed by atoms with Gasteiger partial charge in [-0.2, -0.15) is 0 Å². The molecule has 0 aromatic heterocycles. The molecule has 0 amide bonds. The van der Waals surface area contributed by atoms with Crippen LogP contribution in [0.3, 0.4) is 0 Å². The summed E-state index contributed by atoms with van der Waals surface area (Å²) in [5, 5.41) is 20.6. The second-order valence-corrected chi connectivity index (χ2v) is 3.21. The highest BCUT2D eigenvalue weighted by molar-refractivity contribution is 5.91. The average molecular weight is 271 g/mol. The van der Waals surface area contributed by atoms with Crippen molar-refractivity contribution in [3.63, 3.8) is 0 Å². The van der Waals surface area contributed by atoms with Gasteiger partial charge in [-0.3, -0.25) is 10.1 Å². The Morgan fingerprint density at radius 1 is 1.53 bits per heavy atom. The summed E-state index contributed by atoms with van der Waals surface area (Å²) in [6.07, 6.45) is 0.826. The molecular formula is C12H18FN3O3. The molecule has 0 aliphatic rings. The van der Waals surface area contributed by atoms with Gasteiger partial charge in [-0.05, 0) is 6.07 Å². The molecule has 1 aromatic carbocycles. The highest BCUT2D eigenvalue weighted by Gasteiger charge is 2.18. The SMILES string of the molecule is CC.COCCNc1cc(F)cc([N+](=O)[O-])c1C=N. The number of nitrogens with zero attached hydrogens (tertiary/aromatic N) is 1. The summed E-state index contributed by atoms with van der Waals surface area (Å²) in [5.74, 6) is -0.720. The number of ether oxygens (including phenoxy) is 1. The normalized spacial score (nSPS) is 9.26. The number of rotatable bonds is 6. The molecule has 0 atom stereocenters. The van der Waals surface area contributed by atoms with Crippen molar-refractivity contribution in [3.8, 4) is 0 Å². The first-order chi connectivity index (χ1) is 9.10. The Hall–Kier alpha value is -2.02. The first-order valence-corrected chi connectivity index (χ1v) is 5.81. The van der Waals surface area contributed by atoms with Crippen molar-refractivity contribution in [1.29, 1.82) is 5.41 Å². The Kier molecular flexibility index (Phi) is 8.03. The van der Waals surface area contributed by atoms with Crippen LogP contribution in [0.25, 0.3) is 0 Å². The van der Waals surface area contributed by atoms with Crippen molar-refractivity contribution in [2.24, 2.45) is 0 Å². The zero-order valence-corrected chi connectivity index (χ0v) is 11.2. The van der Waals surface area contributed by atoms with Crippen molar-refractivity contribution in [1.82, 2.24) is 0 Å². The molecule has 0 aliphatic carbocycles. The fourth-order valence-electron chi connectivity index (χ4n) is 1.34. The molecule has 0 unspecified atom stereocenters. The number of nitro benzene ring substituents is 1. The minimum Gasteiger partial charge on any atom is -0.383 e. The van der Waals surface area contributed by atoms with Crippen molar-refractivity contribution in [2.75, 3.05) is 25.6 Å². The summed E-state index contributed by atoms with van der Waals surface area (Å²) in [5.41, 5.74) is -0.170. The zero-order chi connectivity index (χ0) is 14.8. The molecule has 6 nitrogen and oxygen atoms in total. The molecule has 0 heterocycles. The van der Waals surface area contributed by atoms with Gasteiger partial charge >= 0.3 is 0 Å². The van der Waals surface area contributed by atoms with Gasteiger partial charge in [-0.25, -0.2) is 4.39 Å². The summed E-state index contributed by atoms with van der Waals surface area (Å²) in [4.78, 5) is 9.98. The van der Waals surface area contributed by atoms with Gasteiger partial charge < -0.3 is 15.5 Å². The van der Waals surface area contributed by atoms with Crippen LogP contribution in [0.2, 0.25) is 0 Å². The minimum atomic E-state index is -0.720.